The van der Waals surface area contributed by atoms with Crippen molar-refractivity contribution in [2.75, 3.05) is 23.7 Å². The van der Waals surface area contributed by atoms with Gasteiger partial charge in [0.25, 0.3) is 0 Å². The predicted molar refractivity (Wildman–Crippen MR) is 136 cm³/mol. The standard InChI is InChI=1S/C26H41N5O2/c1-10-11-14-30(24(33)27-20-13-12-18(2)15-19(20)3)17-23(32)28-22-16-21(25(4,5)6)29-31(22)26(7,8)9/h12-13,15-16H,10-11,14,17H2,1-9H3,(H,27,33)(H,28,32). The van der Waals surface area contributed by atoms with Gasteiger partial charge < -0.3 is 15.5 Å². The summed E-state index contributed by atoms with van der Waals surface area (Å²) >= 11 is 0. The molecule has 0 atom stereocenters. The number of carbonyl (C=O) groups is 2. The van der Waals surface area contributed by atoms with Crippen molar-refractivity contribution in [3.05, 3.63) is 41.1 Å². The molecule has 2 rings (SSSR count). The number of aryl methyl sites for hydroxylation is 2. The molecule has 1 aromatic carbocycles. The molecular weight excluding hydrogens is 414 g/mol. The molecule has 2 N–H and O–H groups in total. The highest BCUT2D eigenvalue weighted by molar-refractivity contribution is 5.97. The molecular formula is C26H41N5O2. The summed E-state index contributed by atoms with van der Waals surface area (Å²) in [5.41, 5.74) is 3.35. The quantitative estimate of drug-likeness (QED) is 0.552. The minimum absolute atomic E-state index is 0.0308. The summed E-state index contributed by atoms with van der Waals surface area (Å²) in [7, 11) is 0. The molecule has 182 valence electrons. The number of carbonyl (C=O) groups excluding carboxylic acids is 2. The van der Waals surface area contributed by atoms with Gasteiger partial charge in [-0.05, 0) is 52.7 Å². The van der Waals surface area contributed by atoms with Crippen molar-refractivity contribution in [1.82, 2.24) is 14.7 Å². The molecule has 1 aromatic heterocycles. The molecule has 1 heterocycles. The maximum absolute atomic E-state index is 13.0. The number of aromatic nitrogens is 2. The summed E-state index contributed by atoms with van der Waals surface area (Å²) < 4.78 is 1.84. The Morgan fingerprint density at radius 3 is 2.24 bits per heavy atom. The van der Waals surface area contributed by atoms with Crippen LogP contribution in [0.25, 0.3) is 0 Å². The highest BCUT2D eigenvalue weighted by Gasteiger charge is 2.26. The zero-order chi connectivity index (χ0) is 25.0. The van der Waals surface area contributed by atoms with Gasteiger partial charge >= 0.3 is 6.03 Å². The fourth-order valence-corrected chi connectivity index (χ4v) is 3.45. The van der Waals surface area contributed by atoms with Gasteiger partial charge in [-0.3, -0.25) is 4.79 Å². The minimum Gasteiger partial charge on any atom is -0.315 e. The van der Waals surface area contributed by atoms with Crippen LogP contribution in [0.1, 0.15) is 78.1 Å². The van der Waals surface area contributed by atoms with Crippen molar-refractivity contribution in [3.63, 3.8) is 0 Å². The van der Waals surface area contributed by atoms with Gasteiger partial charge in [0.2, 0.25) is 5.91 Å². The molecule has 0 saturated heterocycles. The number of hydrogen-bond acceptors (Lipinski definition) is 3. The molecule has 0 bridgehead atoms. The Balaban J connectivity index is 2.20. The Morgan fingerprint density at radius 2 is 1.70 bits per heavy atom. The van der Waals surface area contributed by atoms with E-state index < -0.39 is 0 Å². The van der Waals surface area contributed by atoms with Gasteiger partial charge in [0.15, 0.2) is 0 Å². The number of amides is 3. The van der Waals surface area contributed by atoms with E-state index in [1.807, 2.05) is 63.6 Å². The fourth-order valence-electron chi connectivity index (χ4n) is 3.45. The summed E-state index contributed by atoms with van der Waals surface area (Å²) in [4.78, 5) is 27.6. The van der Waals surface area contributed by atoms with Crippen molar-refractivity contribution in [3.8, 4) is 0 Å². The van der Waals surface area contributed by atoms with Crippen LogP contribution in [0.15, 0.2) is 24.3 Å². The van der Waals surface area contributed by atoms with Crippen LogP contribution in [0.4, 0.5) is 16.3 Å². The molecule has 7 nitrogen and oxygen atoms in total. The third-order valence-electron chi connectivity index (χ3n) is 5.41. The SMILES string of the molecule is CCCCN(CC(=O)Nc1cc(C(C)(C)C)nn1C(C)(C)C)C(=O)Nc1ccc(C)cc1C. The monoisotopic (exact) mass is 455 g/mol. The maximum Gasteiger partial charge on any atom is 0.322 e. The second-order valence-electron chi connectivity index (χ2n) is 10.8. The van der Waals surface area contributed by atoms with Crippen LogP contribution in [0, 0.1) is 13.8 Å². The van der Waals surface area contributed by atoms with Crippen LogP contribution in [0.2, 0.25) is 0 Å². The lowest BCUT2D eigenvalue weighted by Crippen LogP contribution is -2.41. The van der Waals surface area contributed by atoms with Crippen LogP contribution in [-0.2, 0) is 15.7 Å². The maximum atomic E-state index is 13.0. The van der Waals surface area contributed by atoms with Crippen LogP contribution >= 0.6 is 0 Å². The molecule has 0 aliphatic carbocycles. The van der Waals surface area contributed by atoms with Gasteiger partial charge in [-0.15, -0.1) is 0 Å². The molecule has 0 saturated carbocycles. The summed E-state index contributed by atoms with van der Waals surface area (Å²) in [6.07, 6.45) is 1.75. The summed E-state index contributed by atoms with van der Waals surface area (Å²) in [5, 5.41) is 10.7. The largest absolute Gasteiger partial charge is 0.322 e. The first-order chi connectivity index (χ1) is 15.2. The second kappa shape index (κ2) is 10.4. The van der Waals surface area contributed by atoms with E-state index in [1.54, 1.807) is 4.90 Å². The number of benzene rings is 1. The van der Waals surface area contributed by atoms with Crippen molar-refractivity contribution in [2.45, 2.75) is 86.1 Å². The molecule has 33 heavy (non-hydrogen) atoms. The lowest BCUT2D eigenvalue weighted by molar-refractivity contribution is -0.116. The van der Waals surface area contributed by atoms with Crippen molar-refractivity contribution >= 4 is 23.4 Å². The van der Waals surface area contributed by atoms with E-state index in [0.29, 0.717) is 12.4 Å². The average Bonchev–Trinajstić information content (AvgIpc) is 3.11. The summed E-state index contributed by atoms with van der Waals surface area (Å²) in [6, 6.07) is 7.54. The smallest absolute Gasteiger partial charge is 0.315 e. The van der Waals surface area contributed by atoms with E-state index in [4.69, 9.17) is 5.10 Å². The van der Waals surface area contributed by atoms with E-state index in [2.05, 4.69) is 38.3 Å². The van der Waals surface area contributed by atoms with E-state index in [9.17, 15) is 9.59 Å². The lowest BCUT2D eigenvalue weighted by Gasteiger charge is -2.25. The van der Waals surface area contributed by atoms with Crippen LogP contribution < -0.4 is 10.6 Å². The summed E-state index contributed by atoms with van der Waals surface area (Å²) in [6.45, 7) is 19.0. The molecule has 0 aliphatic heterocycles. The number of unbranched alkanes of at least 4 members (excludes halogenated alkanes) is 1. The molecule has 0 spiro atoms. The Hall–Kier alpha value is -2.83. The van der Waals surface area contributed by atoms with Gasteiger partial charge in [0.1, 0.15) is 12.4 Å². The zero-order valence-corrected chi connectivity index (χ0v) is 21.8. The molecule has 0 unspecified atom stereocenters. The van der Waals surface area contributed by atoms with Gasteiger partial charge in [-0.1, -0.05) is 51.8 Å². The number of rotatable bonds is 7. The zero-order valence-electron chi connectivity index (χ0n) is 21.8. The van der Waals surface area contributed by atoms with E-state index >= 15 is 0 Å². The normalized spacial score (nSPS) is 11.9. The first-order valence-electron chi connectivity index (χ1n) is 11.8. The lowest BCUT2D eigenvalue weighted by atomic mass is 9.92. The molecule has 3 amide bonds. The van der Waals surface area contributed by atoms with Gasteiger partial charge in [-0.2, -0.15) is 5.10 Å². The average molecular weight is 456 g/mol. The number of hydrogen-bond donors (Lipinski definition) is 2. The van der Waals surface area contributed by atoms with Crippen LogP contribution in [0.3, 0.4) is 0 Å². The van der Waals surface area contributed by atoms with Crippen molar-refractivity contribution in [2.24, 2.45) is 0 Å². The minimum atomic E-state index is -0.297. The highest BCUT2D eigenvalue weighted by Crippen LogP contribution is 2.28. The topological polar surface area (TPSA) is 79.3 Å². The van der Waals surface area contributed by atoms with Gasteiger partial charge in [-0.25, -0.2) is 9.48 Å². The van der Waals surface area contributed by atoms with Crippen molar-refractivity contribution in [1.29, 1.82) is 0 Å². The number of nitrogens with one attached hydrogen (secondary N) is 2. The Morgan fingerprint density at radius 1 is 1.03 bits per heavy atom. The number of urea groups is 1. The Labute approximate surface area is 198 Å². The third-order valence-corrected chi connectivity index (χ3v) is 5.41. The Bertz CT molecular complexity index is 980. The first kappa shape index (κ1) is 26.4. The fraction of sp³-hybridized carbons (Fsp3) is 0.577. The summed E-state index contributed by atoms with van der Waals surface area (Å²) in [5.74, 6) is 0.399. The van der Waals surface area contributed by atoms with E-state index in [0.717, 1.165) is 35.3 Å². The molecule has 2 aromatic rings. The highest BCUT2D eigenvalue weighted by atomic mass is 16.2. The molecule has 7 heteroatoms. The van der Waals surface area contributed by atoms with E-state index in [-0.39, 0.29) is 29.4 Å². The van der Waals surface area contributed by atoms with Gasteiger partial charge in [0, 0.05) is 23.7 Å². The van der Waals surface area contributed by atoms with Crippen molar-refractivity contribution < 1.29 is 9.59 Å². The Kier molecular flexibility index (Phi) is 8.33. The molecule has 0 aliphatic rings. The van der Waals surface area contributed by atoms with Crippen LogP contribution in [-0.4, -0.2) is 39.7 Å². The second-order valence-corrected chi connectivity index (χ2v) is 10.8. The molecule has 0 radical (unpaired) electrons. The predicted octanol–water partition coefficient (Wildman–Crippen LogP) is 5.83. The van der Waals surface area contributed by atoms with E-state index in [1.165, 1.54) is 0 Å². The molecule has 0 fully saturated rings. The number of nitrogens with zero attached hydrogens (tertiary/aromatic N) is 3. The van der Waals surface area contributed by atoms with Crippen LogP contribution in [0.5, 0.6) is 0 Å². The first-order valence-corrected chi connectivity index (χ1v) is 11.8. The number of anilines is 2. The third kappa shape index (κ3) is 7.34. The van der Waals surface area contributed by atoms with Gasteiger partial charge in [0.05, 0.1) is 11.2 Å².